The molecule has 0 aliphatic carbocycles. The predicted molar refractivity (Wildman–Crippen MR) is 144 cm³/mol. The molecule has 40 heavy (non-hydrogen) atoms. The van der Waals surface area contributed by atoms with Crippen molar-refractivity contribution >= 4 is 39.2 Å². The molecule has 0 aromatic heterocycles. The largest absolute Gasteiger partial charge is 0.504 e. The third-order valence-corrected chi connectivity index (χ3v) is 7.06. The number of carbonyl (C=O) groups excluding carboxylic acids is 1. The Hall–Kier alpha value is -3.18. The van der Waals surface area contributed by atoms with E-state index in [-0.39, 0.29) is 23.0 Å². The molecule has 5 atom stereocenters. The summed E-state index contributed by atoms with van der Waals surface area (Å²) >= 11 is 0.707. The van der Waals surface area contributed by atoms with Crippen molar-refractivity contribution in [2.24, 2.45) is 5.16 Å². The quantitative estimate of drug-likeness (QED) is 0.0618. The molecule has 2 aromatic rings. The topological polar surface area (TPSA) is 202 Å². The Balaban J connectivity index is 1.64. The van der Waals surface area contributed by atoms with E-state index < -0.39 is 52.8 Å². The Morgan fingerprint density at radius 3 is 2.48 bits per heavy atom. The van der Waals surface area contributed by atoms with E-state index in [1.54, 1.807) is 6.07 Å². The van der Waals surface area contributed by atoms with Gasteiger partial charge in [0.1, 0.15) is 41.5 Å². The molecule has 1 saturated heterocycles. The third-order valence-electron chi connectivity index (χ3n) is 5.63. The van der Waals surface area contributed by atoms with Crippen molar-refractivity contribution < 1.29 is 56.7 Å². The fraction of sp³-hybridized carbons (Fsp3) is 0.360. The first-order chi connectivity index (χ1) is 19.0. The standard InChI is InChI=1S/C25H29NO12S2/c1-35-18-10-7-16(13-17(18)27)9-12-21(28)36-14-19-22(29)23(30)24(31)25(37-19)39-20(26-38-40(32,33)34)11-8-15-5-3-2-4-6-15/h2-7,9-10,12-13,19,22-25,27,29-31H,8,11,14H2,1H3,(H,32,33,34)/b12-9+,26-20-/t19-,22-,23+,24-,25+/m1/s1. The van der Waals surface area contributed by atoms with Gasteiger partial charge >= 0.3 is 16.4 Å². The maximum absolute atomic E-state index is 12.2. The van der Waals surface area contributed by atoms with Gasteiger partial charge in [-0.25, -0.2) is 9.08 Å². The second-order valence-corrected chi connectivity index (χ2v) is 10.7. The second-order valence-electron chi connectivity index (χ2n) is 8.50. The Kier molecular flexibility index (Phi) is 11.3. The molecule has 0 bridgehead atoms. The Morgan fingerprint density at radius 1 is 1.10 bits per heavy atom. The molecule has 1 aliphatic rings. The minimum Gasteiger partial charge on any atom is -0.504 e. The highest BCUT2D eigenvalue weighted by molar-refractivity contribution is 8.14. The van der Waals surface area contributed by atoms with Crippen molar-refractivity contribution in [3.63, 3.8) is 0 Å². The highest BCUT2D eigenvalue weighted by Crippen LogP contribution is 2.31. The van der Waals surface area contributed by atoms with Crippen molar-refractivity contribution in [2.75, 3.05) is 13.7 Å². The zero-order valence-electron chi connectivity index (χ0n) is 21.1. The summed E-state index contributed by atoms with van der Waals surface area (Å²) in [7, 11) is -3.52. The lowest BCUT2D eigenvalue weighted by Gasteiger charge is -2.39. The van der Waals surface area contributed by atoms with E-state index in [0.29, 0.717) is 23.7 Å². The average Bonchev–Trinajstić information content (AvgIpc) is 2.92. The van der Waals surface area contributed by atoms with E-state index >= 15 is 0 Å². The number of phenols is 1. The number of benzene rings is 2. The number of ether oxygens (including phenoxy) is 3. The van der Waals surface area contributed by atoms with Gasteiger partial charge in [-0.3, -0.25) is 4.55 Å². The van der Waals surface area contributed by atoms with Crippen LogP contribution in [-0.2, 0) is 35.4 Å². The number of methoxy groups -OCH3 is 1. The molecule has 5 N–H and O–H groups in total. The van der Waals surface area contributed by atoms with E-state index in [1.165, 1.54) is 25.3 Å². The number of thioether (sulfide) groups is 1. The van der Waals surface area contributed by atoms with Gasteiger partial charge in [0, 0.05) is 12.5 Å². The summed E-state index contributed by atoms with van der Waals surface area (Å²) in [6.07, 6.45) is -3.28. The SMILES string of the molecule is COc1ccc(/C=C/C(=O)OC[C@H]2O[C@@H](S/C(CCc3ccccc3)=N\OS(=O)(=O)O)[C@H](O)[C@@H](O)[C@@H]2O)cc1O. The summed E-state index contributed by atoms with van der Waals surface area (Å²) in [5, 5.41) is 44.5. The number of nitrogens with zero attached hydrogens (tertiary/aromatic N) is 1. The second kappa shape index (κ2) is 14.5. The molecule has 3 rings (SSSR count). The van der Waals surface area contributed by atoms with E-state index in [1.807, 2.05) is 30.3 Å². The van der Waals surface area contributed by atoms with Gasteiger partial charge in [0.25, 0.3) is 0 Å². The summed E-state index contributed by atoms with van der Waals surface area (Å²) in [6.45, 7) is -0.503. The molecule has 15 heteroatoms. The summed E-state index contributed by atoms with van der Waals surface area (Å²) in [4.78, 5) is 12.2. The molecule has 0 saturated carbocycles. The predicted octanol–water partition coefficient (Wildman–Crippen LogP) is 1.26. The van der Waals surface area contributed by atoms with Gasteiger partial charge in [0.05, 0.1) is 7.11 Å². The molecule has 1 fully saturated rings. The van der Waals surface area contributed by atoms with Crippen LogP contribution in [0.3, 0.4) is 0 Å². The molecule has 0 amide bonds. The molecule has 2 aromatic carbocycles. The molecule has 218 valence electrons. The lowest BCUT2D eigenvalue weighted by atomic mass is 10.0. The molecular formula is C25H29NO12S2. The van der Waals surface area contributed by atoms with Crippen molar-refractivity contribution in [3.05, 3.63) is 65.7 Å². The van der Waals surface area contributed by atoms with Crippen LogP contribution in [0.5, 0.6) is 11.5 Å². The Morgan fingerprint density at radius 2 is 1.82 bits per heavy atom. The maximum Gasteiger partial charge on any atom is 0.466 e. The van der Waals surface area contributed by atoms with E-state index in [0.717, 1.165) is 11.6 Å². The van der Waals surface area contributed by atoms with E-state index in [4.69, 9.17) is 18.8 Å². The zero-order valence-corrected chi connectivity index (χ0v) is 22.8. The molecule has 0 spiro atoms. The number of oxime groups is 1. The number of aryl methyl sites for hydroxylation is 1. The number of hydrogen-bond donors (Lipinski definition) is 5. The van der Waals surface area contributed by atoms with Gasteiger partial charge in [-0.05, 0) is 35.8 Å². The van der Waals surface area contributed by atoms with Crippen molar-refractivity contribution in [1.29, 1.82) is 0 Å². The van der Waals surface area contributed by atoms with E-state index in [9.17, 15) is 33.6 Å². The van der Waals surface area contributed by atoms with Gasteiger partial charge in [-0.15, -0.1) is 0 Å². The van der Waals surface area contributed by atoms with Crippen LogP contribution in [0.2, 0.25) is 0 Å². The first-order valence-corrected chi connectivity index (χ1v) is 14.1. The number of aliphatic hydroxyl groups is 3. The number of esters is 1. The number of aromatic hydroxyl groups is 1. The average molecular weight is 600 g/mol. The van der Waals surface area contributed by atoms with Crippen molar-refractivity contribution in [1.82, 2.24) is 0 Å². The third kappa shape index (κ3) is 9.48. The maximum atomic E-state index is 12.2. The molecule has 0 unspecified atom stereocenters. The highest BCUT2D eigenvalue weighted by Gasteiger charge is 2.45. The number of hydrogen-bond acceptors (Lipinski definition) is 13. The Labute approximate surface area is 234 Å². The number of rotatable bonds is 11. The van der Waals surface area contributed by atoms with Crippen molar-refractivity contribution in [3.8, 4) is 11.5 Å². The van der Waals surface area contributed by atoms with Crippen LogP contribution < -0.4 is 4.74 Å². The molecule has 1 heterocycles. The monoisotopic (exact) mass is 599 g/mol. The first kappa shape index (κ1) is 31.3. The van der Waals surface area contributed by atoms with Crippen LogP contribution >= 0.6 is 11.8 Å². The van der Waals surface area contributed by atoms with Crippen LogP contribution in [0.15, 0.2) is 59.8 Å². The molecule has 0 radical (unpaired) electrons. The van der Waals surface area contributed by atoms with Gasteiger partial charge < -0.3 is 34.6 Å². The van der Waals surface area contributed by atoms with Crippen molar-refractivity contribution in [2.45, 2.75) is 42.7 Å². The number of phenolic OH excluding ortho intramolecular Hbond substituents is 1. The summed E-state index contributed by atoms with van der Waals surface area (Å²) in [6, 6.07) is 13.6. The molecule has 1 aliphatic heterocycles. The summed E-state index contributed by atoms with van der Waals surface area (Å²) < 4.78 is 50.9. The van der Waals surface area contributed by atoms with Crippen LogP contribution in [0.4, 0.5) is 0 Å². The van der Waals surface area contributed by atoms with Gasteiger partial charge in [-0.1, -0.05) is 53.3 Å². The lowest BCUT2D eigenvalue weighted by Crippen LogP contribution is -2.58. The van der Waals surface area contributed by atoms with E-state index in [2.05, 4.69) is 9.44 Å². The highest BCUT2D eigenvalue weighted by atomic mass is 32.3. The summed E-state index contributed by atoms with van der Waals surface area (Å²) in [5.41, 5.74) is 0.0824. The normalized spacial score (nSPS) is 23.6. The van der Waals surface area contributed by atoms with Crippen LogP contribution in [0.25, 0.3) is 6.08 Å². The minimum absolute atomic E-state index is 0.00413. The Bertz CT molecular complexity index is 1300. The fourth-order valence-corrected chi connectivity index (χ4v) is 4.88. The molecule has 13 nitrogen and oxygen atoms in total. The molecular weight excluding hydrogens is 570 g/mol. The minimum atomic E-state index is -4.91. The number of aliphatic hydroxyl groups excluding tert-OH is 3. The summed E-state index contributed by atoms with van der Waals surface area (Å²) in [5.74, 6) is -0.682. The number of carbonyl (C=O) groups is 1. The lowest BCUT2D eigenvalue weighted by molar-refractivity contribution is -0.209. The van der Waals surface area contributed by atoms with Crippen LogP contribution in [-0.4, -0.2) is 88.0 Å². The van der Waals surface area contributed by atoms with Crippen LogP contribution in [0.1, 0.15) is 17.5 Å². The van der Waals surface area contributed by atoms with Gasteiger partial charge in [0.2, 0.25) is 0 Å². The fourth-order valence-electron chi connectivity index (χ4n) is 3.58. The zero-order chi connectivity index (χ0) is 29.3. The van der Waals surface area contributed by atoms with Gasteiger partial charge in [0.15, 0.2) is 11.5 Å². The smallest absolute Gasteiger partial charge is 0.466 e. The van der Waals surface area contributed by atoms with Gasteiger partial charge in [-0.2, -0.15) is 8.42 Å². The first-order valence-electron chi connectivity index (χ1n) is 11.8. The van der Waals surface area contributed by atoms with Crippen LogP contribution in [0, 0.1) is 0 Å².